The lowest BCUT2D eigenvalue weighted by molar-refractivity contribution is 0.0479. The fourth-order valence-electron chi connectivity index (χ4n) is 3.49. The molecule has 0 radical (unpaired) electrons. The Morgan fingerprint density at radius 3 is 2.54 bits per heavy atom. The molecule has 1 aliphatic heterocycles. The molecule has 0 unspecified atom stereocenters. The van der Waals surface area contributed by atoms with Crippen LogP contribution in [-0.2, 0) is 6.42 Å². The van der Waals surface area contributed by atoms with Crippen LogP contribution < -0.4 is 5.73 Å². The van der Waals surface area contributed by atoms with Crippen LogP contribution in [0.5, 0.6) is 0 Å². The molecule has 0 aromatic heterocycles. The van der Waals surface area contributed by atoms with Crippen molar-refractivity contribution in [3.8, 4) is 0 Å². The molecular formula is C21H22F3IN2O. The third-order valence-electron chi connectivity index (χ3n) is 5.12. The van der Waals surface area contributed by atoms with Gasteiger partial charge in [-0.1, -0.05) is 12.5 Å². The van der Waals surface area contributed by atoms with Crippen LogP contribution in [0.25, 0.3) is 0 Å². The van der Waals surface area contributed by atoms with E-state index in [2.05, 4.69) is 0 Å². The van der Waals surface area contributed by atoms with E-state index in [1.807, 2.05) is 22.6 Å². The second-order valence-corrected chi connectivity index (χ2v) is 8.41. The lowest BCUT2D eigenvalue weighted by Gasteiger charge is -2.40. The van der Waals surface area contributed by atoms with Gasteiger partial charge in [-0.25, -0.2) is 13.2 Å². The van der Waals surface area contributed by atoms with E-state index < -0.39 is 17.5 Å². The lowest BCUT2D eigenvalue weighted by Crippen LogP contribution is -2.50. The number of likely N-dealkylation sites (tertiary alicyclic amines) is 1. The summed E-state index contributed by atoms with van der Waals surface area (Å²) in [5, 5.41) is 0. The highest BCUT2D eigenvalue weighted by Gasteiger charge is 2.32. The Kier molecular flexibility index (Phi) is 6.98. The van der Waals surface area contributed by atoms with Gasteiger partial charge in [0, 0.05) is 34.2 Å². The highest BCUT2D eigenvalue weighted by atomic mass is 127. The van der Waals surface area contributed by atoms with Gasteiger partial charge >= 0.3 is 0 Å². The molecular weight excluding hydrogens is 480 g/mol. The molecule has 1 heterocycles. The number of nitrogens with two attached hydrogens (primary N) is 1. The Bertz CT molecular complexity index is 869. The van der Waals surface area contributed by atoms with Crippen molar-refractivity contribution in [1.29, 1.82) is 0 Å². The molecule has 0 saturated carbocycles. The Morgan fingerprint density at radius 1 is 1.11 bits per heavy atom. The zero-order valence-electron chi connectivity index (χ0n) is 15.4. The molecule has 3 nitrogen and oxygen atoms in total. The molecule has 1 amide bonds. The van der Waals surface area contributed by atoms with E-state index >= 15 is 0 Å². The van der Waals surface area contributed by atoms with Crippen LogP contribution in [0.1, 0.15) is 40.7 Å². The van der Waals surface area contributed by atoms with Gasteiger partial charge in [-0.05, 0) is 77.7 Å². The molecule has 28 heavy (non-hydrogen) atoms. The number of unbranched alkanes of at least 4 members (excludes halogenated alkanes) is 1. The second kappa shape index (κ2) is 9.26. The molecule has 2 aromatic rings. The maximum Gasteiger partial charge on any atom is 0.254 e. The van der Waals surface area contributed by atoms with Gasteiger partial charge in [0.15, 0.2) is 11.6 Å². The number of carbonyl (C=O) groups is 1. The largest absolute Gasteiger partial charge is 0.338 e. The number of hydrogen-bond donors (Lipinski definition) is 1. The molecule has 2 aromatic carbocycles. The maximum atomic E-state index is 14.5. The van der Waals surface area contributed by atoms with Crippen molar-refractivity contribution < 1.29 is 18.0 Å². The SMILES string of the molecule is NCCCCC1CN(C(=O)c2ccc(F)c(F)c2Cc2ccc(I)cc2F)C1. The maximum absolute atomic E-state index is 14.5. The van der Waals surface area contributed by atoms with Crippen molar-refractivity contribution in [3.63, 3.8) is 0 Å². The molecule has 150 valence electrons. The molecule has 7 heteroatoms. The van der Waals surface area contributed by atoms with Crippen molar-refractivity contribution in [2.24, 2.45) is 11.7 Å². The number of nitrogens with zero attached hydrogens (tertiary/aromatic N) is 1. The third-order valence-corrected chi connectivity index (χ3v) is 5.79. The van der Waals surface area contributed by atoms with E-state index in [0.29, 0.717) is 29.1 Å². The van der Waals surface area contributed by atoms with Gasteiger partial charge in [0.05, 0.1) is 0 Å². The van der Waals surface area contributed by atoms with Crippen LogP contribution in [0, 0.1) is 26.9 Å². The smallest absolute Gasteiger partial charge is 0.254 e. The fraction of sp³-hybridized carbons (Fsp3) is 0.381. The summed E-state index contributed by atoms with van der Waals surface area (Å²) in [6.07, 6.45) is 2.80. The number of amides is 1. The molecule has 2 N–H and O–H groups in total. The van der Waals surface area contributed by atoms with E-state index in [1.165, 1.54) is 18.2 Å². The number of rotatable bonds is 7. The first kappa shape index (κ1) is 21.1. The predicted octanol–water partition coefficient (Wildman–Crippen LogP) is 4.50. The first-order chi connectivity index (χ1) is 13.4. The molecule has 0 atom stereocenters. The summed E-state index contributed by atoms with van der Waals surface area (Å²) in [5.41, 5.74) is 5.71. The number of hydrogen-bond acceptors (Lipinski definition) is 2. The standard InChI is InChI=1S/C21H22F3IN2O/c22-18-7-6-16(21(28)27-11-13(12-27)3-1-2-8-26)17(20(18)24)9-14-4-5-15(25)10-19(14)23/h4-7,10,13H,1-3,8-9,11-12,26H2. The van der Waals surface area contributed by atoms with Gasteiger partial charge in [0.1, 0.15) is 5.82 Å². The van der Waals surface area contributed by atoms with Gasteiger partial charge in [-0.3, -0.25) is 4.79 Å². The fourth-order valence-corrected chi connectivity index (χ4v) is 3.94. The van der Waals surface area contributed by atoms with Crippen LogP contribution in [0.2, 0.25) is 0 Å². The van der Waals surface area contributed by atoms with Crippen molar-refractivity contribution in [1.82, 2.24) is 4.90 Å². The number of benzene rings is 2. The number of halogens is 4. The average Bonchev–Trinajstić information content (AvgIpc) is 2.62. The van der Waals surface area contributed by atoms with Crippen LogP contribution >= 0.6 is 22.6 Å². The topological polar surface area (TPSA) is 46.3 Å². The summed E-state index contributed by atoms with van der Waals surface area (Å²) in [6.45, 7) is 1.85. The van der Waals surface area contributed by atoms with Gasteiger partial charge in [-0.15, -0.1) is 0 Å². The summed E-state index contributed by atoms with van der Waals surface area (Å²) >= 11 is 1.98. The van der Waals surface area contributed by atoms with E-state index in [0.717, 1.165) is 25.3 Å². The summed E-state index contributed by atoms with van der Waals surface area (Å²) < 4.78 is 43.2. The lowest BCUT2D eigenvalue weighted by atomic mass is 9.91. The molecule has 1 aliphatic rings. The first-order valence-electron chi connectivity index (χ1n) is 9.30. The number of carbonyl (C=O) groups excluding carboxylic acids is 1. The van der Waals surface area contributed by atoms with Gasteiger partial charge in [0.2, 0.25) is 0 Å². The first-order valence-corrected chi connectivity index (χ1v) is 10.4. The van der Waals surface area contributed by atoms with Crippen LogP contribution in [0.4, 0.5) is 13.2 Å². The van der Waals surface area contributed by atoms with Gasteiger partial charge in [0.25, 0.3) is 5.91 Å². The third kappa shape index (κ3) is 4.68. The Morgan fingerprint density at radius 2 is 1.86 bits per heavy atom. The highest BCUT2D eigenvalue weighted by Crippen LogP contribution is 2.28. The minimum atomic E-state index is -1.09. The Balaban J connectivity index is 1.78. The van der Waals surface area contributed by atoms with Crippen molar-refractivity contribution in [2.45, 2.75) is 25.7 Å². The summed E-state index contributed by atoms with van der Waals surface area (Å²) in [6, 6.07) is 6.80. The minimum Gasteiger partial charge on any atom is -0.338 e. The summed E-state index contributed by atoms with van der Waals surface area (Å²) in [5.74, 6) is -2.56. The van der Waals surface area contributed by atoms with E-state index in [-0.39, 0.29) is 29.0 Å². The molecule has 0 aliphatic carbocycles. The van der Waals surface area contributed by atoms with E-state index in [4.69, 9.17) is 5.73 Å². The molecule has 0 spiro atoms. The minimum absolute atomic E-state index is 0.0947. The average molecular weight is 502 g/mol. The summed E-state index contributed by atoms with van der Waals surface area (Å²) in [4.78, 5) is 14.5. The molecule has 0 bridgehead atoms. The van der Waals surface area contributed by atoms with E-state index in [9.17, 15) is 18.0 Å². The molecule has 3 rings (SSSR count). The van der Waals surface area contributed by atoms with Crippen molar-refractivity contribution in [3.05, 3.63) is 68.0 Å². The van der Waals surface area contributed by atoms with Crippen LogP contribution in [0.15, 0.2) is 30.3 Å². The monoisotopic (exact) mass is 502 g/mol. The van der Waals surface area contributed by atoms with Crippen LogP contribution in [-0.4, -0.2) is 30.4 Å². The second-order valence-electron chi connectivity index (χ2n) is 7.16. The normalized spacial score (nSPS) is 14.2. The molecule has 1 saturated heterocycles. The van der Waals surface area contributed by atoms with Crippen LogP contribution in [0.3, 0.4) is 0 Å². The van der Waals surface area contributed by atoms with Gasteiger partial charge in [-0.2, -0.15) is 0 Å². The zero-order valence-corrected chi connectivity index (χ0v) is 17.5. The zero-order chi connectivity index (χ0) is 20.3. The highest BCUT2D eigenvalue weighted by molar-refractivity contribution is 14.1. The summed E-state index contributed by atoms with van der Waals surface area (Å²) in [7, 11) is 0. The quantitative estimate of drug-likeness (QED) is 0.448. The van der Waals surface area contributed by atoms with Gasteiger partial charge < -0.3 is 10.6 Å². The molecule has 1 fully saturated rings. The Labute approximate surface area is 176 Å². The van der Waals surface area contributed by atoms with Crippen molar-refractivity contribution >= 4 is 28.5 Å². The predicted molar refractivity (Wildman–Crippen MR) is 111 cm³/mol. The van der Waals surface area contributed by atoms with Crippen molar-refractivity contribution in [2.75, 3.05) is 19.6 Å². The Hall–Kier alpha value is -1.61. The van der Waals surface area contributed by atoms with E-state index in [1.54, 1.807) is 11.0 Å².